The van der Waals surface area contributed by atoms with Crippen molar-refractivity contribution in [3.63, 3.8) is 0 Å². The minimum atomic E-state index is -5.08. The van der Waals surface area contributed by atoms with Gasteiger partial charge in [-0.25, -0.2) is 9.86 Å². The van der Waals surface area contributed by atoms with Crippen molar-refractivity contribution in [1.82, 2.24) is 14.9 Å². The lowest BCUT2D eigenvalue weighted by atomic mass is 9.90. The number of phenols is 1. The normalized spacial score (nSPS) is 22.4. The number of nitrogens with zero attached hydrogens (tertiary/aromatic N) is 3. The predicted octanol–water partition coefficient (Wildman–Crippen LogP) is 1.10. The van der Waals surface area contributed by atoms with E-state index >= 15 is 0 Å². The molecule has 3 saturated heterocycles. The number of aliphatic carboxylic acids is 1. The second-order valence-corrected chi connectivity index (χ2v) is 8.42. The van der Waals surface area contributed by atoms with Crippen LogP contribution in [0.2, 0.25) is 0 Å². The van der Waals surface area contributed by atoms with Gasteiger partial charge in [-0.05, 0) is 38.1 Å². The molecule has 3 aliphatic rings. The van der Waals surface area contributed by atoms with Gasteiger partial charge in [0.05, 0.1) is 26.3 Å². The SMILES string of the molecule is CN1CC2(CN(C(=O)c3cccc(O)c3)C2)OCC1C(=O)N1CCCCO1.O=C(O)C(F)(F)F. The highest BCUT2D eigenvalue weighted by Gasteiger charge is 2.51. The number of hydroxylamine groups is 2. The van der Waals surface area contributed by atoms with Crippen molar-refractivity contribution < 1.29 is 47.3 Å². The summed E-state index contributed by atoms with van der Waals surface area (Å²) in [6.45, 7) is 3.05. The van der Waals surface area contributed by atoms with Crippen molar-refractivity contribution in [1.29, 1.82) is 0 Å². The number of hydrogen-bond acceptors (Lipinski definition) is 7. The van der Waals surface area contributed by atoms with Crippen LogP contribution in [-0.4, -0.2) is 107 Å². The lowest BCUT2D eigenvalue weighted by Crippen LogP contribution is -2.73. The molecule has 1 atom stereocenters. The monoisotopic (exact) mass is 489 g/mol. The van der Waals surface area contributed by atoms with Crippen LogP contribution >= 0.6 is 0 Å². The molecule has 1 aromatic carbocycles. The summed E-state index contributed by atoms with van der Waals surface area (Å²) in [4.78, 5) is 43.3. The number of halogens is 3. The third-order valence-electron chi connectivity index (χ3n) is 5.73. The van der Waals surface area contributed by atoms with Crippen molar-refractivity contribution in [2.75, 3.05) is 46.4 Å². The number of ether oxygens (including phenoxy) is 1. The number of hydrogen-bond donors (Lipinski definition) is 2. The second kappa shape index (κ2) is 10.2. The molecular formula is C21H26F3N3O7. The molecule has 0 bridgehead atoms. The lowest BCUT2D eigenvalue weighted by Gasteiger charge is -2.55. The molecule has 0 aromatic heterocycles. The van der Waals surface area contributed by atoms with E-state index in [1.807, 2.05) is 11.9 Å². The minimum Gasteiger partial charge on any atom is -0.508 e. The molecule has 3 aliphatic heterocycles. The van der Waals surface area contributed by atoms with Gasteiger partial charge in [-0.3, -0.25) is 19.3 Å². The zero-order valence-corrected chi connectivity index (χ0v) is 18.5. The Bertz CT molecular complexity index is 915. The summed E-state index contributed by atoms with van der Waals surface area (Å²) in [7, 11) is 1.91. The summed E-state index contributed by atoms with van der Waals surface area (Å²) in [5.41, 5.74) is 0.0325. The van der Waals surface area contributed by atoms with Gasteiger partial charge in [0.25, 0.3) is 11.8 Å². The number of benzene rings is 1. The summed E-state index contributed by atoms with van der Waals surface area (Å²) in [5.74, 6) is -2.86. The molecule has 1 spiro atoms. The number of amides is 2. The second-order valence-electron chi connectivity index (χ2n) is 8.42. The van der Waals surface area contributed by atoms with Gasteiger partial charge in [0.2, 0.25) is 0 Å². The van der Waals surface area contributed by atoms with Crippen molar-refractivity contribution >= 4 is 17.8 Å². The van der Waals surface area contributed by atoms with E-state index in [0.717, 1.165) is 12.8 Å². The average molecular weight is 489 g/mol. The highest BCUT2D eigenvalue weighted by Crippen LogP contribution is 2.32. The highest BCUT2D eigenvalue weighted by molar-refractivity contribution is 5.95. The summed E-state index contributed by atoms with van der Waals surface area (Å²) >= 11 is 0. The Morgan fingerprint density at radius 1 is 1.15 bits per heavy atom. The zero-order chi connectivity index (χ0) is 25.1. The first kappa shape index (κ1) is 25.7. The molecule has 13 heteroatoms. The Kier molecular flexibility index (Phi) is 7.68. The molecule has 188 valence electrons. The number of rotatable bonds is 2. The number of morpholine rings is 1. The van der Waals surface area contributed by atoms with Crippen molar-refractivity contribution in [3.05, 3.63) is 29.8 Å². The summed E-state index contributed by atoms with van der Waals surface area (Å²) in [6.07, 6.45) is -3.15. The number of carboxylic acids is 1. The van der Waals surface area contributed by atoms with Gasteiger partial charge in [0.15, 0.2) is 0 Å². The van der Waals surface area contributed by atoms with Crippen molar-refractivity contribution in [2.45, 2.75) is 30.7 Å². The fourth-order valence-corrected chi connectivity index (χ4v) is 4.00. The van der Waals surface area contributed by atoms with Crippen LogP contribution in [0.25, 0.3) is 0 Å². The minimum absolute atomic E-state index is 0.0564. The van der Waals surface area contributed by atoms with Gasteiger partial charge in [0, 0.05) is 18.7 Å². The molecular weight excluding hydrogens is 463 g/mol. The van der Waals surface area contributed by atoms with Crippen LogP contribution < -0.4 is 0 Å². The molecule has 2 amide bonds. The van der Waals surface area contributed by atoms with Crippen LogP contribution in [0, 0.1) is 0 Å². The van der Waals surface area contributed by atoms with E-state index in [4.69, 9.17) is 19.5 Å². The van der Waals surface area contributed by atoms with Crippen molar-refractivity contribution in [2.24, 2.45) is 0 Å². The summed E-state index contributed by atoms with van der Waals surface area (Å²) in [5, 5.41) is 18.1. The van der Waals surface area contributed by atoms with Crippen molar-refractivity contribution in [3.8, 4) is 5.75 Å². The molecule has 3 heterocycles. The molecule has 0 saturated carbocycles. The number of likely N-dealkylation sites (tertiary alicyclic amines) is 1. The molecule has 3 fully saturated rings. The molecule has 1 unspecified atom stereocenters. The Labute approximate surface area is 193 Å². The number of carbonyl (C=O) groups is 3. The fourth-order valence-electron chi connectivity index (χ4n) is 4.00. The quantitative estimate of drug-likeness (QED) is 0.634. The first-order valence-electron chi connectivity index (χ1n) is 10.6. The molecule has 10 nitrogen and oxygen atoms in total. The third-order valence-corrected chi connectivity index (χ3v) is 5.73. The smallest absolute Gasteiger partial charge is 0.490 e. The van der Waals surface area contributed by atoms with Crippen LogP contribution in [0.15, 0.2) is 24.3 Å². The maximum atomic E-state index is 12.7. The number of alkyl halides is 3. The number of likely N-dealkylation sites (N-methyl/N-ethyl adjacent to an activating group) is 1. The summed E-state index contributed by atoms with van der Waals surface area (Å²) < 4.78 is 37.8. The van der Waals surface area contributed by atoms with Gasteiger partial charge < -0.3 is 19.8 Å². The molecule has 0 radical (unpaired) electrons. The first-order valence-corrected chi connectivity index (χ1v) is 10.6. The van der Waals surface area contributed by atoms with E-state index in [2.05, 4.69) is 0 Å². The molecule has 34 heavy (non-hydrogen) atoms. The maximum Gasteiger partial charge on any atom is 0.490 e. The first-order chi connectivity index (χ1) is 15.9. The van der Waals surface area contributed by atoms with Gasteiger partial charge in [-0.1, -0.05) is 6.07 Å². The van der Waals surface area contributed by atoms with Crippen LogP contribution in [0.5, 0.6) is 5.75 Å². The Morgan fingerprint density at radius 3 is 2.35 bits per heavy atom. The molecule has 4 rings (SSSR count). The summed E-state index contributed by atoms with van der Waals surface area (Å²) in [6, 6.07) is 5.99. The molecule has 1 aromatic rings. The number of carbonyl (C=O) groups excluding carboxylic acids is 2. The van der Waals surface area contributed by atoms with E-state index in [1.54, 1.807) is 17.0 Å². The van der Waals surface area contributed by atoms with Gasteiger partial charge in [0.1, 0.15) is 17.4 Å². The van der Waals surface area contributed by atoms with E-state index in [0.29, 0.717) is 45.0 Å². The van der Waals surface area contributed by atoms with E-state index in [9.17, 15) is 27.9 Å². The van der Waals surface area contributed by atoms with Gasteiger partial charge in [-0.15, -0.1) is 0 Å². The Morgan fingerprint density at radius 2 is 1.82 bits per heavy atom. The van der Waals surface area contributed by atoms with Crippen LogP contribution in [-0.2, 0) is 19.2 Å². The largest absolute Gasteiger partial charge is 0.508 e. The van der Waals surface area contributed by atoms with E-state index in [-0.39, 0.29) is 23.6 Å². The average Bonchev–Trinajstić information content (AvgIpc) is 2.77. The van der Waals surface area contributed by atoms with Crippen LogP contribution in [0.1, 0.15) is 23.2 Å². The number of aromatic hydroxyl groups is 1. The topological polar surface area (TPSA) is 120 Å². The Hall–Kier alpha value is -2.90. The molecule has 0 aliphatic carbocycles. The highest BCUT2D eigenvalue weighted by atomic mass is 19.4. The molecule has 2 N–H and O–H groups in total. The Balaban J connectivity index is 0.000000406. The van der Waals surface area contributed by atoms with E-state index in [1.165, 1.54) is 17.2 Å². The zero-order valence-electron chi connectivity index (χ0n) is 18.5. The van der Waals surface area contributed by atoms with Crippen LogP contribution in [0.3, 0.4) is 0 Å². The lowest BCUT2D eigenvalue weighted by molar-refractivity contribution is -0.220. The van der Waals surface area contributed by atoms with Gasteiger partial charge in [-0.2, -0.15) is 13.2 Å². The number of carboxylic acid groups (broad SMARTS) is 1. The standard InChI is InChI=1S/C19H25N3O5.C2HF3O2/c1-20-11-19(26-10-16(20)18(25)22-7-2-3-8-27-22)12-21(13-19)17(24)14-5-4-6-15(23)9-14;3-2(4,5)1(6)7/h4-6,9,16,23H,2-3,7-8,10-13H2,1H3;(H,6,7). The van der Waals surface area contributed by atoms with Crippen LogP contribution in [0.4, 0.5) is 13.2 Å². The van der Waals surface area contributed by atoms with Gasteiger partial charge >= 0.3 is 12.1 Å². The maximum absolute atomic E-state index is 12.7. The fraction of sp³-hybridized carbons (Fsp3) is 0.571. The van der Waals surface area contributed by atoms with E-state index < -0.39 is 17.7 Å². The number of phenolic OH excluding ortho intramolecular Hbond substituents is 1. The third kappa shape index (κ3) is 5.96. The predicted molar refractivity (Wildman–Crippen MR) is 110 cm³/mol.